The Morgan fingerprint density at radius 1 is 1.24 bits per heavy atom. The van der Waals surface area contributed by atoms with E-state index < -0.39 is 5.91 Å². The van der Waals surface area contributed by atoms with Crippen LogP contribution in [0.5, 0.6) is 0 Å². The van der Waals surface area contributed by atoms with Gasteiger partial charge in [0.2, 0.25) is 5.95 Å². The van der Waals surface area contributed by atoms with E-state index in [4.69, 9.17) is 34.8 Å². The summed E-state index contributed by atoms with van der Waals surface area (Å²) in [6.07, 6.45) is 1.50. The van der Waals surface area contributed by atoms with Crippen molar-refractivity contribution in [2.45, 2.75) is 13.5 Å². The zero-order valence-electron chi connectivity index (χ0n) is 13.3. The van der Waals surface area contributed by atoms with Gasteiger partial charge in [0, 0.05) is 17.1 Å². The molecular formula is C15H13Cl3N6O. The molecule has 0 spiro atoms. The molecule has 7 nitrogen and oxygen atoms in total. The van der Waals surface area contributed by atoms with Gasteiger partial charge in [0.05, 0.1) is 17.3 Å². The molecule has 0 aliphatic rings. The first-order valence-electron chi connectivity index (χ1n) is 7.19. The number of benzene rings is 1. The smallest absolute Gasteiger partial charge is 0.277 e. The topological polar surface area (TPSA) is 77.6 Å². The average molecular weight is 400 g/mol. The Kier molecular flexibility index (Phi) is 4.99. The van der Waals surface area contributed by atoms with Gasteiger partial charge in [-0.2, -0.15) is 5.10 Å². The van der Waals surface area contributed by atoms with Crippen LogP contribution >= 0.6 is 34.8 Å². The first-order valence-corrected chi connectivity index (χ1v) is 8.32. The Bertz CT molecular complexity index is 949. The molecule has 130 valence electrons. The molecule has 2 aromatic heterocycles. The van der Waals surface area contributed by atoms with Gasteiger partial charge in [-0.15, -0.1) is 5.10 Å². The van der Waals surface area contributed by atoms with Gasteiger partial charge >= 0.3 is 0 Å². The Morgan fingerprint density at radius 2 is 2.00 bits per heavy atom. The highest BCUT2D eigenvalue weighted by Gasteiger charge is 2.20. The van der Waals surface area contributed by atoms with E-state index in [9.17, 15) is 4.79 Å². The van der Waals surface area contributed by atoms with Crippen LogP contribution in [0.25, 0.3) is 0 Å². The summed E-state index contributed by atoms with van der Waals surface area (Å²) in [5.74, 6) is -0.277. The lowest BCUT2D eigenvalue weighted by atomic mass is 10.2. The molecule has 0 radical (unpaired) electrons. The minimum atomic E-state index is -0.435. The van der Waals surface area contributed by atoms with Crippen LogP contribution in [-0.2, 0) is 13.6 Å². The van der Waals surface area contributed by atoms with Gasteiger partial charge in [-0.1, -0.05) is 40.9 Å². The van der Waals surface area contributed by atoms with Crippen LogP contribution in [0, 0.1) is 6.92 Å². The maximum Gasteiger partial charge on any atom is 0.277 e. The highest BCUT2D eigenvalue weighted by molar-refractivity contribution is 6.35. The molecule has 0 saturated carbocycles. The summed E-state index contributed by atoms with van der Waals surface area (Å²) in [7, 11) is 1.64. The molecule has 3 rings (SSSR count). The molecule has 1 aromatic carbocycles. The SMILES string of the molecule is Cc1nn(C)c(C(=O)Nc2ncn(Cc3ccc(Cl)cc3Cl)n2)c1Cl. The predicted molar refractivity (Wildman–Crippen MR) is 96.5 cm³/mol. The Hall–Kier alpha value is -2.09. The van der Waals surface area contributed by atoms with E-state index in [0.29, 0.717) is 27.3 Å². The van der Waals surface area contributed by atoms with Crippen LogP contribution in [0.15, 0.2) is 24.5 Å². The number of aryl methyl sites for hydroxylation is 2. The molecule has 0 unspecified atom stereocenters. The summed E-state index contributed by atoms with van der Waals surface area (Å²) in [6.45, 7) is 2.12. The van der Waals surface area contributed by atoms with Crippen molar-refractivity contribution in [1.29, 1.82) is 0 Å². The van der Waals surface area contributed by atoms with E-state index in [-0.39, 0.29) is 11.6 Å². The predicted octanol–water partition coefficient (Wildman–Crippen LogP) is 3.58. The zero-order valence-corrected chi connectivity index (χ0v) is 15.6. The van der Waals surface area contributed by atoms with Gasteiger partial charge in [0.15, 0.2) is 0 Å². The van der Waals surface area contributed by atoms with Crippen LogP contribution < -0.4 is 5.32 Å². The molecule has 0 fully saturated rings. The molecule has 25 heavy (non-hydrogen) atoms. The van der Waals surface area contributed by atoms with E-state index in [2.05, 4.69) is 20.5 Å². The second-order valence-electron chi connectivity index (χ2n) is 5.33. The summed E-state index contributed by atoms with van der Waals surface area (Å²) in [5, 5.41) is 12.3. The maximum absolute atomic E-state index is 12.3. The number of hydrogen-bond donors (Lipinski definition) is 1. The van der Waals surface area contributed by atoms with Crippen LogP contribution in [0.1, 0.15) is 21.7 Å². The first-order chi connectivity index (χ1) is 11.8. The fourth-order valence-corrected chi connectivity index (χ4v) is 3.01. The average Bonchev–Trinajstić information content (AvgIpc) is 3.06. The van der Waals surface area contributed by atoms with Crippen molar-refractivity contribution in [2.24, 2.45) is 7.05 Å². The first kappa shape index (κ1) is 17.7. The normalized spacial score (nSPS) is 10.9. The third kappa shape index (κ3) is 3.78. The van der Waals surface area contributed by atoms with Crippen molar-refractivity contribution in [1.82, 2.24) is 24.5 Å². The third-order valence-electron chi connectivity index (χ3n) is 3.47. The zero-order chi connectivity index (χ0) is 18.1. The number of nitrogens with one attached hydrogen (secondary N) is 1. The van der Waals surface area contributed by atoms with E-state index in [0.717, 1.165) is 5.56 Å². The van der Waals surface area contributed by atoms with Crippen molar-refractivity contribution in [3.63, 3.8) is 0 Å². The minimum absolute atomic E-state index is 0.157. The van der Waals surface area contributed by atoms with Crippen molar-refractivity contribution in [3.8, 4) is 0 Å². The molecule has 3 aromatic rings. The van der Waals surface area contributed by atoms with Crippen LogP contribution in [0.3, 0.4) is 0 Å². The standard InChI is InChI=1S/C15H13Cl3N6O/c1-8-12(18)13(23(2)21-8)14(25)20-15-19-7-24(22-15)6-9-3-4-10(16)5-11(9)17/h3-5,7H,6H2,1-2H3,(H,20,22,25). The summed E-state index contributed by atoms with van der Waals surface area (Å²) in [4.78, 5) is 16.4. The quantitative estimate of drug-likeness (QED) is 0.727. The van der Waals surface area contributed by atoms with Gasteiger partial charge in [-0.3, -0.25) is 14.8 Å². The van der Waals surface area contributed by atoms with E-state index in [1.165, 1.54) is 11.0 Å². The lowest BCUT2D eigenvalue weighted by Gasteiger charge is -2.04. The van der Waals surface area contributed by atoms with Crippen molar-refractivity contribution in [3.05, 3.63) is 56.5 Å². The summed E-state index contributed by atoms with van der Waals surface area (Å²) < 4.78 is 2.97. The lowest BCUT2D eigenvalue weighted by molar-refractivity contribution is 0.101. The van der Waals surface area contributed by atoms with E-state index in [1.54, 1.807) is 30.8 Å². The molecule has 0 saturated heterocycles. The molecule has 0 aliphatic carbocycles. The van der Waals surface area contributed by atoms with Crippen LogP contribution in [-0.4, -0.2) is 30.5 Å². The molecule has 1 amide bonds. The van der Waals surface area contributed by atoms with Gasteiger partial charge in [-0.05, 0) is 24.6 Å². The summed E-state index contributed by atoms with van der Waals surface area (Å²) in [5.41, 5.74) is 1.65. The van der Waals surface area contributed by atoms with Crippen LogP contribution in [0.4, 0.5) is 5.95 Å². The fraction of sp³-hybridized carbons (Fsp3) is 0.200. The highest BCUT2D eigenvalue weighted by Crippen LogP contribution is 2.22. The maximum atomic E-state index is 12.3. The number of anilines is 1. The molecule has 1 N–H and O–H groups in total. The monoisotopic (exact) mass is 398 g/mol. The Morgan fingerprint density at radius 3 is 2.64 bits per heavy atom. The van der Waals surface area contributed by atoms with Gasteiger partial charge < -0.3 is 0 Å². The minimum Gasteiger partial charge on any atom is -0.288 e. The summed E-state index contributed by atoms with van der Waals surface area (Å²) in [6, 6.07) is 5.21. The van der Waals surface area contributed by atoms with E-state index in [1.807, 2.05) is 6.07 Å². The largest absolute Gasteiger partial charge is 0.288 e. The number of halogens is 3. The molecule has 10 heteroatoms. The number of carbonyl (C=O) groups excluding carboxylic acids is 1. The Balaban J connectivity index is 1.74. The number of amides is 1. The van der Waals surface area contributed by atoms with Gasteiger partial charge in [0.25, 0.3) is 5.91 Å². The lowest BCUT2D eigenvalue weighted by Crippen LogP contribution is -2.17. The number of hydrogen-bond acceptors (Lipinski definition) is 4. The van der Waals surface area contributed by atoms with E-state index >= 15 is 0 Å². The van der Waals surface area contributed by atoms with Gasteiger partial charge in [-0.25, -0.2) is 9.67 Å². The molecule has 0 aliphatic heterocycles. The third-order valence-corrected chi connectivity index (χ3v) is 4.51. The molecule has 0 bridgehead atoms. The second-order valence-corrected chi connectivity index (χ2v) is 6.55. The number of nitrogens with zero attached hydrogens (tertiary/aromatic N) is 5. The Labute approximate surface area is 158 Å². The summed E-state index contributed by atoms with van der Waals surface area (Å²) >= 11 is 18.1. The van der Waals surface area contributed by atoms with Crippen molar-refractivity contribution >= 4 is 46.7 Å². The van der Waals surface area contributed by atoms with Gasteiger partial charge in [0.1, 0.15) is 12.0 Å². The van der Waals surface area contributed by atoms with Crippen LogP contribution in [0.2, 0.25) is 15.1 Å². The second kappa shape index (κ2) is 7.03. The number of rotatable bonds is 4. The highest BCUT2D eigenvalue weighted by atomic mass is 35.5. The number of aromatic nitrogens is 5. The van der Waals surface area contributed by atoms with Crippen molar-refractivity contribution in [2.75, 3.05) is 5.32 Å². The molecule has 0 atom stereocenters. The van der Waals surface area contributed by atoms with Crippen molar-refractivity contribution < 1.29 is 4.79 Å². The molecular weight excluding hydrogens is 387 g/mol. The number of carbonyl (C=O) groups is 1. The molecule has 2 heterocycles. The fourth-order valence-electron chi connectivity index (χ4n) is 2.29.